The number of piperidine rings is 1. The third kappa shape index (κ3) is 4.57. The summed E-state index contributed by atoms with van der Waals surface area (Å²) < 4.78 is 26.0. The van der Waals surface area contributed by atoms with Crippen LogP contribution in [0.3, 0.4) is 0 Å². The fourth-order valence-electron chi connectivity index (χ4n) is 5.32. The lowest BCUT2D eigenvalue weighted by Crippen LogP contribution is -2.87. The standard InChI is InChI=1S/C25H24B2FN3O14/c26-22(27,13-5-4-11(10-14(13)28)23(38,39)30-6-8-44-9-7-30)45-15-3-1-2-12-16(15)24(40,41)31(17(12)32)20(35)18(33)29-19(34)21(36,37)25(20,42)43/h1-5,10,35-43H,6-9H2,(H,29,33,34). The van der Waals surface area contributed by atoms with Gasteiger partial charge in [-0.3, -0.25) is 19.7 Å². The van der Waals surface area contributed by atoms with Crippen LogP contribution in [-0.4, -0.2) is 133 Å². The molecule has 2 saturated heterocycles. The molecule has 5 rings (SSSR count). The van der Waals surface area contributed by atoms with Gasteiger partial charge in [0, 0.05) is 24.2 Å². The van der Waals surface area contributed by atoms with E-state index in [0.29, 0.717) is 6.07 Å². The van der Waals surface area contributed by atoms with Crippen LogP contribution in [0.5, 0.6) is 5.75 Å². The summed E-state index contributed by atoms with van der Waals surface area (Å²) in [5, 5.41) is 93.6. The molecule has 45 heavy (non-hydrogen) atoms. The summed E-state index contributed by atoms with van der Waals surface area (Å²) in [5.74, 6) is -23.8. The predicted molar refractivity (Wildman–Crippen MR) is 140 cm³/mol. The molecule has 236 valence electrons. The summed E-state index contributed by atoms with van der Waals surface area (Å²) >= 11 is 0. The molecule has 4 radical (unpaired) electrons. The summed E-state index contributed by atoms with van der Waals surface area (Å²) in [6.07, 6.45) is 0. The molecule has 17 nitrogen and oxygen atoms in total. The van der Waals surface area contributed by atoms with Crippen molar-refractivity contribution < 1.29 is 74.2 Å². The maximum absolute atomic E-state index is 15.3. The van der Waals surface area contributed by atoms with Gasteiger partial charge in [0.25, 0.3) is 41.1 Å². The molecule has 3 amide bonds. The Bertz CT molecular complexity index is 1600. The predicted octanol–water partition coefficient (Wildman–Crippen LogP) is -5.96. The average Bonchev–Trinajstić information content (AvgIpc) is 3.17. The minimum absolute atomic E-state index is 0.106. The lowest BCUT2D eigenvalue weighted by atomic mass is 9.60. The van der Waals surface area contributed by atoms with Crippen molar-refractivity contribution in [3.05, 3.63) is 64.5 Å². The van der Waals surface area contributed by atoms with Crippen LogP contribution in [0.4, 0.5) is 4.39 Å². The van der Waals surface area contributed by atoms with E-state index in [1.54, 1.807) is 0 Å². The van der Waals surface area contributed by atoms with E-state index < -0.39 is 85.4 Å². The zero-order valence-electron chi connectivity index (χ0n) is 22.8. The van der Waals surface area contributed by atoms with Crippen LogP contribution in [0.1, 0.15) is 27.0 Å². The number of morpholine rings is 1. The van der Waals surface area contributed by atoms with E-state index in [2.05, 4.69) is 0 Å². The van der Waals surface area contributed by atoms with Gasteiger partial charge in [-0.15, -0.1) is 0 Å². The summed E-state index contributed by atoms with van der Waals surface area (Å²) in [6, 6.07) is 5.52. The summed E-state index contributed by atoms with van der Waals surface area (Å²) in [6.45, 7) is 0.579. The molecule has 0 spiro atoms. The van der Waals surface area contributed by atoms with Crippen molar-refractivity contribution in [2.75, 3.05) is 26.3 Å². The molecule has 3 aliphatic rings. The molecule has 3 heterocycles. The fourth-order valence-corrected chi connectivity index (χ4v) is 5.32. The van der Waals surface area contributed by atoms with Crippen molar-refractivity contribution in [3.63, 3.8) is 0 Å². The topological polar surface area (TPSA) is 270 Å². The third-order valence-corrected chi connectivity index (χ3v) is 7.77. The second-order valence-corrected chi connectivity index (χ2v) is 10.6. The number of benzene rings is 2. The monoisotopic (exact) mass is 631 g/mol. The van der Waals surface area contributed by atoms with Gasteiger partial charge in [0.15, 0.2) is 0 Å². The normalized spacial score (nSPS) is 24.8. The van der Waals surface area contributed by atoms with Gasteiger partial charge in [-0.1, -0.05) is 18.2 Å². The quantitative estimate of drug-likeness (QED) is 0.0808. The number of imide groups is 1. The Morgan fingerprint density at radius 2 is 1.56 bits per heavy atom. The highest BCUT2D eigenvalue weighted by atomic mass is 19.1. The van der Waals surface area contributed by atoms with Crippen LogP contribution < -0.4 is 10.1 Å². The molecular formula is C25H24B2FN3O14. The Hall–Kier alpha value is -3.53. The van der Waals surface area contributed by atoms with Crippen molar-refractivity contribution in [2.45, 2.75) is 34.5 Å². The first kappa shape index (κ1) is 32.9. The number of amides is 3. The molecule has 2 aromatic rings. The molecule has 0 bridgehead atoms. The molecule has 2 fully saturated rings. The third-order valence-electron chi connectivity index (χ3n) is 7.77. The van der Waals surface area contributed by atoms with Gasteiger partial charge in [-0.05, 0) is 18.2 Å². The highest BCUT2D eigenvalue weighted by molar-refractivity contribution is 6.39. The Kier molecular flexibility index (Phi) is 7.47. The molecule has 0 aromatic heterocycles. The number of nitrogens with one attached hydrogen (secondary N) is 1. The van der Waals surface area contributed by atoms with Gasteiger partial charge >= 0.3 is 5.79 Å². The van der Waals surface area contributed by atoms with E-state index in [1.165, 1.54) is 10.2 Å². The molecule has 20 heteroatoms. The Balaban J connectivity index is 1.52. The van der Waals surface area contributed by atoms with Crippen LogP contribution in [0.2, 0.25) is 0 Å². The van der Waals surface area contributed by atoms with E-state index in [1.807, 2.05) is 0 Å². The van der Waals surface area contributed by atoms with E-state index >= 15 is 4.39 Å². The molecule has 3 aliphatic heterocycles. The first-order chi connectivity index (χ1) is 20.6. The van der Waals surface area contributed by atoms with Gasteiger partial charge < -0.3 is 55.4 Å². The number of halogens is 1. The van der Waals surface area contributed by atoms with Crippen molar-refractivity contribution in [1.82, 2.24) is 15.1 Å². The van der Waals surface area contributed by atoms with Gasteiger partial charge in [-0.2, -0.15) is 0 Å². The zero-order valence-corrected chi connectivity index (χ0v) is 22.8. The largest absolute Gasteiger partial charge is 0.502 e. The van der Waals surface area contributed by atoms with Crippen molar-refractivity contribution in [3.8, 4) is 5.75 Å². The summed E-state index contributed by atoms with van der Waals surface area (Å²) in [5.41, 5.74) is -7.21. The lowest BCUT2D eigenvalue weighted by Gasteiger charge is -2.51. The number of fused-ring (bicyclic) bond motifs is 1. The van der Waals surface area contributed by atoms with E-state index in [4.69, 9.17) is 25.2 Å². The van der Waals surface area contributed by atoms with Gasteiger partial charge in [0.05, 0.1) is 29.7 Å². The summed E-state index contributed by atoms with van der Waals surface area (Å²) in [7, 11) is 12.0. The number of hydrogen-bond acceptors (Lipinski definition) is 15. The fraction of sp³-hybridized carbons (Fsp3) is 0.400. The number of rotatable bonds is 6. The van der Waals surface area contributed by atoms with E-state index in [0.717, 1.165) is 30.3 Å². The first-order valence-electron chi connectivity index (χ1n) is 12.9. The minimum atomic E-state index is -4.68. The van der Waals surface area contributed by atoms with Crippen molar-refractivity contribution in [1.29, 1.82) is 0 Å². The second kappa shape index (κ2) is 10.2. The van der Waals surface area contributed by atoms with Crippen molar-refractivity contribution in [2.24, 2.45) is 0 Å². The molecule has 1 unspecified atom stereocenters. The molecule has 0 saturated carbocycles. The maximum atomic E-state index is 15.3. The number of carbonyl (C=O) groups excluding carboxylic acids is 3. The zero-order chi connectivity index (χ0) is 33.5. The number of nitrogens with zero attached hydrogens (tertiary/aromatic N) is 2. The van der Waals surface area contributed by atoms with Gasteiger partial charge in [-0.25, -0.2) is 14.2 Å². The number of aliphatic hydroxyl groups is 9. The van der Waals surface area contributed by atoms with Crippen LogP contribution in [0.25, 0.3) is 0 Å². The van der Waals surface area contributed by atoms with Crippen LogP contribution in [0, 0.1) is 5.82 Å². The molecular weight excluding hydrogens is 607 g/mol. The van der Waals surface area contributed by atoms with Gasteiger partial charge in [0.1, 0.15) is 27.3 Å². The smallest absolute Gasteiger partial charge is 0.306 e. The first-order valence-corrected chi connectivity index (χ1v) is 12.9. The highest BCUT2D eigenvalue weighted by Crippen LogP contribution is 2.49. The Morgan fingerprint density at radius 3 is 2.16 bits per heavy atom. The average molecular weight is 631 g/mol. The second-order valence-electron chi connectivity index (χ2n) is 10.6. The minimum Gasteiger partial charge on any atom is -0.502 e. The van der Waals surface area contributed by atoms with E-state index in [9.17, 15) is 60.3 Å². The molecule has 10 N–H and O–H groups in total. The Morgan fingerprint density at radius 1 is 0.933 bits per heavy atom. The number of hydrogen-bond donors (Lipinski definition) is 10. The molecule has 2 aromatic carbocycles. The van der Waals surface area contributed by atoms with Crippen molar-refractivity contribution >= 4 is 33.4 Å². The SMILES string of the molecule is [B]C([B])(Oc1cccc2c1C(O)(O)N(C1(O)C(=O)NC(=O)C(O)(O)C1(O)O)C2=O)c1ccc(C(O)(O)N2CCOCC2)cc1F. The number of carbonyl (C=O) groups is 3. The lowest BCUT2D eigenvalue weighted by molar-refractivity contribution is -0.433. The molecule has 1 atom stereocenters. The van der Waals surface area contributed by atoms with Crippen LogP contribution in [-0.2, 0) is 31.5 Å². The van der Waals surface area contributed by atoms with E-state index in [-0.39, 0.29) is 31.9 Å². The summed E-state index contributed by atoms with van der Waals surface area (Å²) in [4.78, 5) is 38.3. The molecule has 0 aliphatic carbocycles. The maximum Gasteiger partial charge on any atom is 0.306 e. The Labute approximate surface area is 254 Å². The highest BCUT2D eigenvalue weighted by Gasteiger charge is 2.79. The number of ether oxygens (including phenoxy) is 2. The van der Waals surface area contributed by atoms with Crippen LogP contribution in [0.15, 0.2) is 36.4 Å². The van der Waals surface area contributed by atoms with Crippen LogP contribution >= 0.6 is 0 Å². The van der Waals surface area contributed by atoms with Gasteiger partial charge in [0.2, 0.25) is 0 Å².